The van der Waals surface area contributed by atoms with Crippen molar-refractivity contribution in [1.82, 2.24) is 15.1 Å². The van der Waals surface area contributed by atoms with Crippen molar-refractivity contribution in [3.8, 4) is 0 Å². The number of carbonyl (C=O) groups excluding carboxylic acids is 4. The molecule has 3 aliphatic rings. The quantitative estimate of drug-likeness (QED) is 0.615. The average molecular weight is 523 g/mol. The van der Waals surface area contributed by atoms with Crippen LogP contribution < -0.4 is 10.6 Å². The summed E-state index contributed by atoms with van der Waals surface area (Å²) in [5, 5.41) is 5.18. The molecule has 5 amide bonds. The van der Waals surface area contributed by atoms with Crippen molar-refractivity contribution in [3.05, 3.63) is 65.0 Å². The predicted octanol–water partition coefficient (Wildman–Crippen LogP) is 4.09. The number of hydrogen-bond donors (Lipinski definition) is 2. The van der Waals surface area contributed by atoms with E-state index in [2.05, 4.69) is 10.6 Å². The van der Waals surface area contributed by atoms with E-state index in [0.29, 0.717) is 24.1 Å². The first-order valence-electron chi connectivity index (χ1n) is 12.9. The first kappa shape index (κ1) is 25.7. The number of anilines is 1. The second-order valence-corrected chi connectivity index (χ2v) is 10.4. The van der Waals surface area contributed by atoms with Gasteiger partial charge in [-0.15, -0.1) is 0 Å². The molecule has 1 unspecified atom stereocenters. The lowest BCUT2D eigenvalue weighted by Crippen LogP contribution is -2.47. The number of halogens is 1. The Morgan fingerprint density at radius 2 is 1.87 bits per heavy atom. The summed E-state index contributed by atoms with van der Waals surface area (Å²) in [7, 11) is 1.51. The normalized spacial score (nSPS) is 24.2. The lowest BCUT2D eigenvalue weighted by atomic mass is 9.94. The van der Waals surface area contributed by atoms with E-state index in [1.807, 2.05) is 13.8 Å². The number of imide groups is 1. The van der Waals surface area contributed by atoms with Gasteiger partial charge in [0.15, 0.2) is 0 Å². The molecule has 2 N–H and O–H groups in total. The molecule has 200 valence electrons. The molecule has 2 heterocycles. The Bertz CT molecular complexity index is 1300. The smallest absolute Gasteiger partial charge is 0.418 e. The van der Waals surface area contributed by atoms with Crippen molar-refractivity contribution in [2.75, 3.05) is 18.9 Å². The predicted molar refractivity (Wildman–Crippen MR) is 137 cm³/mol. The van der Waals surface area contributed by atoms with Crippen LogP contribution in [0.25, 0.3) is 0 Å². The second-order valence-electron chi connectivity index (χ2n) is 10.4. The van der Waals surface area contributed by atoms with Crippen molar-refractivity contribution < 1.29 is 28.3 Å². The van der Waals surface area contributed by atoms with E-state index < -0.39 is 24.1 Å². The van der Waals surface area contributed by atoms with Gasteiger partial charge in [-0.2, -0.15) is 0 Å². The molecule has 9 nitrogen and oxygen atoms in total. The molecule has 38 heavy (non-hydrogen) atoms. The summed E-state index contributed by atoms with van der Waals surface area (Å²) in [6.07, 6.45) is 1.38. The van der Waals surface area contributed by atoms with E-state index >= 15 is 0 Å². The number of urea groups is 1. The molecule has 2 fully saturated rings. The number of amides is 5. The van der Waals surface area contributed by atoms with Crippen LogP contribution in [-0.2, 0) is 26.3 Å². The van der Waals surface area contributed by atoms with E-state index in [1.54, 1.807) is 35.2 Å². The number of hydrogen-bond acceptors (Lipinski definition) is 5. The second kappa shape index (κ2) is 9.74. The number of nitrogens with one attached hydrogen (secondary N) is 2. The van der Waals surface area contributed by atoms with Crippen LogP contribution in [0.4, 0.5) is 19.7 Å². The van der Waals surface area contributed by atoms with Crippen molar-refractivity contribution in [2.45, 2.75) is 57.2 Å². The third kappa shape index (κ3) is 4.27. The van der Waals surface area contributed by atoms with E-state index in [1.165, 1.54) is 19.2 Å². The molecule has 2 aliphatic heterocycles. The summed E-state index contributed by atoms with van der Waals surface area (Å²) in [6.45, 7) is 3.64. The van der Waals surface area contributed by atoms with Gasteiger partial charge in [-0.3, -0.25) is 9.59 Å². The minimum atomic E-state index is -1.48. The average Bonchev–Trinajstić information content (AvgIpc) is 3.56. The number of likely N-dealkylation sites (tertiary alicyclic amines) is 1. The molecular weight excluding hydrogens is 491 g/mol. The Balaban J connectivity index is 1.38. The first-order chi connectivity index (χ1) is 18.1. The number of nitrogens with zero attached hydrogens (tertiary/aromatic N) is 2. The van der Waals surface area contributed by atoms with Gasteiger partial charge in [0.25, 0.3) is 5.91 Å². The van der Waals surface area contributed by atoms with Gasteiger partial charge in [-0.1, -0.05) is 32.0 Å². The maximum absolute atomic E-state index is 13.7. The lowest BCUT2D eigenvalue weighted by molar-refractivity contribution is -0.143. The minimum Gasteiger partial charge on any atom is -0.427 e. The monoisotopic (exact) mass is 522 g/mol. The Morgan fingerprint density at radius 3 is 2.55 bits per heavy atom. The standard InChI is InChI=1S/C28H31FN4O5/c1-16(2)22-10-11-23(17-4-6-19(29)7-5-17)33(22)24(34)15-32-25(35)28(38-27(32)37)13-12-18-14-20(8-9-21(18)28)31-26(36)30-3/h4-9,14,16,22-23H,10-13,15H2,1-3H3,(H2,30,31,36)/t22-,23+,28?/m1/s1. The largest absolute Gasteiger partial charge is 0.427 e. The first-order valence-corrected chi connectivity index (χ1v) is 12.9. The Hall–Kier alpha value is -3.95. The van der Waals surface area contributed by atoms with Crippen molar-refractivity contribution in [3.63, 3.8) is 0 Å². The van der Waals surface area contributed by atoms with Crippen molar-refractivity contribution in [1.29, 1.82) is 0 Å². The molecule has 0 radical (unpaired) electrons. The zero-order chi connectivity index (χ0) is 27.2. The van der Waals surface area contributed by atoms with E-state index in [9.17, 15) is 23.6 Å². The molecule has 1 aliphatic carbocycles. The fourth-order valence-corrected chi connectivity index (χ4v) is 6.00. The fraction of sp³-hybridized carbons (Fsp3) is 0.429. The number of aryl methyl sites for hydroxylation is 1. The highest BCUT2D eigenvalue weighted by Gasteiger charge is 2.58. The topological polar surface area (TPSA) is 108 Å². The zero-order valence-corrected chi connectivity index (χ0v) is 21.6. The molecule has 0 aromatic heterocycles. The van der Waals surface area contributed by atoms with Crippen LogP contribution in [0.1, 0.15) is 55.8 Å². The van der Waals surface area contributed by atoms with Crippen LogP contribution in [0.2, 0.25) is 0 Å². The molecule has 0 bridgehead atoms. The molecule has 10 heteroatoms. The number of carbonyl (C=O) groups is 4. The van der Waals surface area contributed by atoms with Gasteiger partial charge < -0.3 is 20.3 Å². The van der Waals surface area contributed by atoms with Crippen molar-refractivity contribution >= 4 is 29.6 Å². The van der Waals surface area contributed by atoms with E-state index in [-0.39, 0.29) is 42.2 Å². The molecule has 1 spiro atoms. The van der Waals surface area contributed by atoms with Crippen LogP contribution >= 0.6 is 0 Å². The third-order valence-electron chi connectivity index (χ3n) is 7.88. The Labute approximate surface area is 220 Å². The number of ether oxygens (including phenoxy) is 1. The van der Waals surface area contributed by atoms with Gasteiger partial charge in [-0.05, 0) is 60.6 Å². The molecule has 2 aromatic carbocycles. The van der Waals surface area contributed by atoms with E-state index in [4.69, 9.17) is 4.74 Å². The van der Waals surface area contributed by atoms with E-state index in [0.717, 1.165) is 22.4 Å². The van der Waals surface area contributed by atoms with Crippen LogP contribution in [0.3, 0.4) is 0 Å². The van der Waals surface area contributed by atoms with Crippen molar-refractivity contribution in [2.24, 2.45) is 5.92 Å². The molecule has 0 saturated carbocycles. The highest BCUT2D eigenvalue weighted by molar-refractivity contribution is 6.06. The van der Waals surface area contributed by atoms with Gasteiger partial charge in [0, 0.05) is 30.8 Å². The summed E-state index contributed by atoms with van der Waals surface area (Å²) < 4.78 is 19.2. The minimum absolute atomic E-state index is 0.0707. The number of fused-ring (bicyclic) bond motifs is 2. The summed E-state index contributed by atoms with van der Waals surface area (Å²) in [6, 6.07) is 10.5. The summed E-state index contributed by atoms with van der Waals surface area (Å²) >= 11 is 0. The van der Waals surface area contributed by atoms with Crippen LogP contribution in [-0.4, -0.2) is 53.4 Å². The van der Waals surface area contributed by atoms with Gasteiger partial charge >= 0.3 is 12.1 Å². The highest BCUT2D eigenvalue weighted by atomic mass is 19.1. The molecular formula is C28H31FN4O5. The van der Waals surface area contributed by atoms with Gasteiger partial charge in [0.2, 0.25) is 11.5 Å². The van der Waals surface area contributed by atoms with Crippen LogP contribution in [0, 0.1) is 11.7 Å². The maximum Gasteiger partial charge on any atom is 0.418 e. The third-order valence-corrected chi connectivity index (χ3v) is 7.88. The van der Waals surface area contributed by atoms with Crippen LogP contribution in [0.15, 0.2) is 42.5 Å². The SMILES string of the molecule is CNC(=O)Nc1ccc2c(c1)CCC21OC(=O)N(CC(=O)N2[C@@H](C(C)C)CC[C@H]2c2ccc(F)cc2)C1=O. The summed E-state index contributed by atoms with van der Waals surface area (Å²) in [4.78, 5) is 54.6. The Kier molecular flexibility index (Phi) is 6.58. The molecule has 5 rings (SSSR count). The number of benzene rings is 2. The zero-order valence-electron chi connectivity index (χ0n) is 21.6. The summed E-state index contributed by atoms with van der Waals surface area (Å²) in [5.41, 5.74) is 1.27. The molecule has 2 saturated heterocycles. The van der Waals surface area contributed by atoms with Gasteiger partial charge in [0.05, 0.1) is 6.04 Å². The molecule has 2 aromatic rings. The van der Waals surface area contributed by atoms with Crippen LogP contribution in [0.5, 0.6) is 0 Å². The Morgan fingerprint density at radius 1 is 1.13 bits per heavy atom. The lowest BCUT2D eigenvalue weighted by Gasteiger charge is -2.33. The van der Waals surface area contributed by atoms with Gasteiger partial charge in [-0.25, -0.2) is 18.9 Å². The highest BCUT2D eigenvalue weighted by Crippen LogP contribution is 2.46. The maximum atomic E-state index is 13.7. The fourth-order valence-electron chi connectivity index (χ4n) is 6.00. The van der Waals surface area contributed by atoms with Gasteiger partial charge in [0.1, 0.15) is 12.4 Å². The number of rotatable bonds is 5. The molecule has 3 atom stereocenters. The summed E-state index contributed by atoms with van der Waals surface area (Å²) in [5.74, 6) is -1.09.